The van der Waals surface area contributed by atoms with Gasteiger partial charge in [-0.1, -0.05) is 20.8 Å². The van der Waals surface area contributed by atoms with E-state index in [1.165, 1.54) is 0 Å². The maximum atomic E-state index is 11.6. The van der Waals surface area contributed by atoms with Crippen LogP contribution in [0.15, 0.2) is 0 Å². The minimum absolute atomic E-state index is 0.0121. The Labute approximate surface area is 182 Å². The number of hydrogen-bond acceptors (Lipinski definition) is 10. The molecule has 9 atom stereocenters. The highest BCUT2D eigenvalue weighted by Crippen LogP contribution is 2.31. The van der Waals surface area contributed by atoms with E-state index in [0.717, 1.165) is 6.92 Å². The number of rotatable bonds is 7. The van der Waals surface area contributed by atoms with Gasteiger partial charge in [0.2, 0.25) is 17.9 Å². The molecule has 0 saturated carbocycles. The monoisotopic (exact) mass is 451 g/mol. The zero-order valence-electron chi connectivity index (χ0n) is 18.7. The van der Waals surface area contributed by atoms with E-state index in [-0.39, 0.29) is 25.0 Å². The summed E-state index contributed by atoms with van der Waals surface area (Å²) in [7, 11) is 0. The van der Waals surface area contributed by atoms with Crippen molar-refractivity contribution in [3.05, 3.63) is 0 Å². The number of aliphatic hydroxyl groups is 5. The number of carbonyl (C=O) groups is 1. The number of hydrogen-bond donors (Lipinski definition) is 6. The lowest BCUT2D eigenvalue weighted by atomic mass is 9.92. The van der Waals surface area contributed by atoms with Gasteiger partial charge in [0.25, 0.3) is 0 Å². The Balaban J connectivity index is 2.06. The average Bonchev–Trinajstić information content (AvgIpc) is 2.64. The summed E-state index contributed by atoms with van der Waals surface area (Å²) < 4.78 is 22.4. The van der Waals surface area contributed by atoms with Crippen LogP contribution in [0.3, 0.4) is 0 Å². The summed E-state index contributed by atoms with van der Waals surface area (Å²) >= 11 is 0. The van der Waals surface area contributed by atoms with Gasteiger partial charge in [0, 0.05) is 13.3 Å². The van der Waals surface area contributed by atoms with E-state index in [2.05, 4.69) is 5.32 Å². The molecule has 6 N–H and O–H groups in total. The number of nitrogens with one attached hydrogen (secondary N) is 1. The van der Waals surface area contributed by atoms with Crippen molar-refractivity contribution in [1.82, 2.24) is 5.32 Å². The highest BCUT2D eigenvalue weighted by molar-refractivity contribution is 5.73. The third-order valence-electron chi connectivity index (χ3n) is 5.43. The molecule has 2 rings (SSSR count). The molecule has 2 aliphatic rings. The first-order valence-corrected chi connectivity index (χ1v) is 10.5. The van der Waals surface area contributed by atoms with Crippen LogP contribution in [0.5, 0.6) is 0 Å². The van der Waals surface area contributed by atoms with Crippen LogP contribution in [-0.2, 0) is 23.7 Å². The summed E-state index contributed by atoms with van der Waals surface area (Å²) in [5, 5.41) is 53.8. The molecule has 0 aromatic rings. The van der Waals surface area contributed by atoms with E-state index in [1.54, 1.807) is 6.92 Å². The molecule has 31 heavy (non-hydrogen) atoms. The van der Waals surface area contributed by atoms with Gasteiger partial charge in [-0.2, -0.15) is 0 Å². The van der Waals surface area contributed by atoms with Gasteiger partial charge in [-0.3, -0.25) is 4.79 Å². The summed E-state index contributed by atoms with van der Waals surface area (Å²) in [5.74, 6) is -0.645. The van der Waals surface area contributed by atoms with Crippen molar-refractivity contribution in [2.24, 2.45) is 5.41 Å². The first-order chi connectivity index (χ1) is 14.2. The topological polar surface area (TPSA) is 167 Å². The predicted molar refractivity (Wildman–Crippen MR) is 106 cm³/mol. The van der Waals surface area contributed by atoms with E-state index in [4.69, 9.17) is 18.9 Å². The van der Waals surface area contributed by atoms with Crippen LogP contribution in [0.1, 0.15) is 47.5 Å². The Bertz CT molecular complexity index is 587. The summed E-state index contributed by atoms with van der Waals surface area (Å²) in [6, 6.07) is 0. The summed E-state index contributed by atoms with van der Waals surface area (Å²) in [5.41, 5.74) is -2.43. The lowest BCUT2D eigenvalue weighted by Gasteiger charge is -2.48. The molecule has 11 nitrogen and oxygen atoms in total. The first-order valence-electron chi connectivity index (χ1n) is 10.5. The minimum atomic E-state index is -2.37. The maximum absolute atomic E-state index is 11.6. The third kappa shape index (κ3) is 6.80. The summed E-state index contributed by atoms with van der Waals surface area (Å²) in [6.45, 7) is 8.66. The quantitative estimate of drug-likeness (QED) is 0.253. The van der Waals surface area contributed by atoms with Crippen LogP contribution in [0.25, 0.3) is 0 Å². The molecule has 0 aromatic carbocycles. The fourth-order valence-electron chi connectivity index (χ4n) is 3.47. The first kappa shape index (κ1) is 26.4. The highest BCUT2D eigenvalue weighted by atomic mass is 16.7. The van der Waals surface area contributed by atoms with Gasteiger partial charge in [0.05, 0.1) is 25.4 Å². The second-order valence-electron chi connectivity index (χ2n) is 9.53. The van der Waals surface area contributed by atoms with Crippen LogP contribution >= 0.6 is 0 Å². The van der Waals surface area contributed by atoms with Gasteiger partial charge >= 0.3 is 0 Å². The van der Waals surface area contributed by atoms with E-state index in [9.17, 15) is 30.3 Å². The minimum Gasteiger partial charge on any atom is -0.390 e. The van der Waals surface area contributed by atoms with E-state index in [1.807, 2.05) is 20.8 Å². The number of amides is 1. The Morgan fingerprint density at radius 3 is 2.32 bits per heavy atom. The fourth-order valence-corrected chi connectivity index (χ4v) is 3.47. The van der Waals surface area contributed by atoms with Crippen LogP contribution in [0.4, 0.5) is 0 Å². The zero-order valence-corrected chi connectivity index (χ0v) is 18.7. The van der Waals surface area contributed by atoms with Crippen molar-refractivity contribution >= 4 is 5.91 Å². The van der Waals surface area contributed by atoms with Gasteiger partial charge in [0.1, 0.15) is 24.4 Å². The molecule has 0 bridgehead atoms. The van der Waals surface area contributed by atoms with Gasteiger partial charge in [-0.05, 0) is 18.8 Å². The molecule has 11 heteroatoms. The van der Waals surface area contributed by atoms with Gasteiger partial charge in [0.15, 0.2) is 6.29 Å². The molecule has 182 valence electrons. The van der Waals surface area contributed by atoms with Crippen LogP contribution < -0.4 is 5.32 Å². The number of carbonyl (C=O) groups excluding carboxylic acids is 1. The number of ether oxygens (including phenoxy) is 4. The van der Waals surface area contributed by atoms with Gasteiger partial charge < -0.3 is 49.8 Å². The largest absolute Gasteiger partial charge is 0.390 e. The van der Waals surface area contributed by atoms with Crippen molar-refractivity contribution in [1.29, 1.82) is 0 Å². The molecule has 0 aromatic heterocycles. The molecule has 2 heterocycles. The van der Waals surface area contributed by atoms with Crippen molar-refractivity contribution in [3.63, 3.8) is 0 Å². The average molecular weight is 452 g/mol. The van der Waals surface area contributed by atoms with Crippen LogP contribution in [0, 0.1) is 5.41 Å². The molecular weight excluding hydrogens is 414 g/mol. The van der Waals surface area contributed by atoms with E-state index < -0.39 is 60.8 Å². The van der Waals surface area contributed by atoms with Gasteiger partial charge in [-0.25, -0.2) is 0 Å². The lowest BCUT2D eigenvalue weighted by molar-refractivity contribution is -0.355. The SMILES string of the molecule is CC(=O)N[C@]1(O)[C@H](OCCC(C)(C)C)O[C@H](CO[C@H]2C[C@H](O)[C@H](O)[C@H](C)O2)[C@@H](O)[C@@H]1O. The van der Waals surface area contributed by atoms with Crippen molar-refractivity contribution in [2.45, 2.75) is 102 Å². The number of aliphatic hydroxyl groups excluding tert-OH is 4. The molecular formula is C20H37NO10. The predicted octanol–water partition coefficient (Wildman–Crippen LogP) is -1.42. The normalized spacial score (nSPS) is 41.7. The molecule has 2 aliphatic heterocycles. The summed E-state index contributed by atoms with van der Waals surface area (Å²) in [6.07, 6.45) is -8.99. The standard InChI is InChI=1S/C20H37NO10/c1-10-15(24)12(23)8-14(30-10)29-9-13-16(25)17(26)20(27,21-11(2)22)18(31-13)28-7-6-19(3,4)5/h10,12-18,23-27H,6-9H2,1-5H3,(H,21,22)/t10-,12-,13+,14+,15+,16+,17-,18+,20+/m0/s1. The molecule has 2 saturated heterocycles. The Morgan fingerprint density at radius 2 is 1.77 bits per heavy atom. The van der Waals surface area contributed by atoms with Crippen LogP contribution in [-0.4, -0.2) is 99.6 Å². The summed E-state index contributed by atoms with van der Waals surface area (Å²) in [4.78, 5) is 11.6. The van der Waals surface area contributed by atoms with Crippen molar-refractivity contribution < 1.29 is 49.3 Å². The molecule has 0 aliphatic carbocycles. The van der Waals surface area contributed by atoms with E-state index in [0.29, 0.717) is 6.42 Å². The van der Waals surface area contributed by atoms with Crippen LogP contribution in [0.2, 0.25) is 0 Å². The smallest absolute Gasteiger partial charge is 0.219 e. The third-order valence-corrected chi connectivity index (χ3v) is 5.43. The van der Waals surface area contributed by atoms with Crippen molar-refractivity contribution in [3.8, 4) is 0 Å². The molecule has 1 amide bonds. The molecule has 0 spiro atoms. The van der Waals surface area contributed by atoms with Gasteiger partial charge in [-0.15, -0.1) is 0 Å². The fraction of sp³-hybridized carbons (Fsp3) is 0.950. The Morgan fingerprint density at radius 1 is 1.13 bits per heavy atom. The second kappa shape index (κ2) is 10.4. The highest BCUT2D eigenvalue weighted by Gasteiger charge is 2.56. The second-order valence-corrected chi connectivity index (χ2v) is 9.53. The van der Waals surface area contributed by atoms with E-state index >= 15 is 0 Å². The molecule has 0 radical (unpaired) electrons. The Hall–Kier alpha value is -0.890. The Kier molecular flexibility index (Phi) is 8.81. The lowest BCUT2D eigenvalue weighted by Crippen LogP contribution is -2.73. The zero-order chi connectivity index (χ0) is 23.6. The maximum Gasteiger partial charge on any atom is 0.219 e. The molecule has 2 fully saturated rings. The van der Waals surface area contributed by atoms with Crippen molar-refractivity contribution in [2.75, 3.05) is 13.2 Å². The molecule has 0 unspecified atom stereocenters.